The third-order valence-electron chi connectivity index (χ3n) is 7.11. The minimum absolute atomic E-state index is 0.0379. The molecule has 8 nitrogen and oxygen atoms in total. The number of nitrogens with zero attached hydrogens (tertiary/aromatic N) is 1. The molecule has 0 aromatic heterocycles. The molecule has 0 radical (unpaired) electrons. The number of hydrogen-bond donors (Lipinski definition) is 4. The fourth-order valence-electron chi connectivity index (χ4n) is 5.46. The molecule has 1 saturated heterocycles. The first-order chi connectivity index (χ1) is 15.4. The van der Waals surface area contributed by atoms with E-state index in [0.29, 0.717) is 24.3 Å². The minimum atomic E-state index is -0.833. The first kappa shape index (κ1) is 24.0. The molecule has 32 heavy (non-hydrogen) atoms. The number of amides is 2. The SMILES string of the molecule is COc1cc(C(=N)N)ccc1CNC(=O)[C@]1(C2CCCCCCC2)CCCN1C(=O)CN. The maximum Gasteiger partial charge on any atom is 0.246 e. The molecule has 2 amide bonds. The second-order valence-corrected chi connectivity index (χ2v) is 8.94. The number of nitrogens with one attached hydrogen (secondary N) is 2. The average molecular weight is 444 g/mol. The summed E-state index contributed by atoms with van der Waals surface area (Å²) in [5, 5.41) is 10.7. The molecule has 1 atom stereocenters. The van der Waals surface area contributed by atoms with Gasteiger partial charge in [-0.05, 0) is 37.7 Å². The van der Waals surface area contributed by atoms with Crippen LogP contribution in [-0.4, -0.2) is 48.3 Å². The summed E-state index contributed by atoms with van der Waals surface area (Å²) in [4.78, 5) is 28.3. The van der Waals surface area contributed by atoms with Crippen LogP contribution in [0.5, 0.6) is 5.75 Å². The molecule has 6 N–H and O–H groups in total. The molecule has 1 aromatic rings. The summed E-state index contributed by atoms with van der Waals surface area (Å²) >= 11 is 0. The highest BCUT2D eigenvalue weighted by molar-refractivity contribution is 5.95. The molecule has 8 heteroatoms. The zero-order chi connectivity index (χ0) is 23.1. The number of rotatable bonds is 7. The summed E-state index contributed by atoms with van der Waals surface area (Å²) in [5.41, 5.74) is 11.9. The van der Waals surface area contributed by atoms with Gasteiger partial charge in [0.1, 0.15) is 17.1 Å². The van der Waals surface area contributed by atoms with Crippen LogP contribution in [0.4, 0.5) is 0 Å². The predicted molar refractivity (Wildman–Crippen MR) is 124 cm³/mol. The van der Waals surface area contributed by atoms with Crippen molar-refractivity contribution in [2.24, 2.45) is 17.4 Å². The highest BCUT2D eigenvalue weighted by Crippen LogP contribution is 2.42. The Morgan fingerprint density at radius 3 is 2.50 bits per heavy atom. The predicted octanol–water partition coefficient (Wildman–Crippen LogP) is 2.28. The van der Waals surface area contributed by atoms with Crippen molar-refractivity contribution in [2.75, 3.05) is 20.2 Å². The van der Waals surface area contributed by atoms with Crippen molar-refractivity contribution in [1.82, 2.24) is 10.2 Å². The van der Waals surface area contributed by atoms with Gasteiger partial charge in [0.15, 0.2) is 0 Å². The van der Waals surface area contributed by atoms with Crippen molar-refractivity contribution < 1.29 is 14.3 Å². The van der Waals surface area contributed by atoms with Gasteiger partial charge in [0.05, 0.1) is 13.7 Å². The lowest BCUT2D eigenvalue weighted by Gasteiger charge is -2.44. The Balaban J connectivity index is 1.86. The second-order valence-electron chi connectivity index (χ2n) is 8.94. The molecule has 1 aliphatic heterocycles. The number of carbonyl (C=O) groups excluding carboxylic acids is 2. The van der Waals surface area contributed by atoms with Crippen molar-refractivity contribution in [2.45, 2.75) is 69.9 Å². The Kier molecular flexibility index (Phi) is 8.12. The third-order valence-corrected chi connectivity index (χ3v) is 7.11. The van der Waals surface area contributed by atoms with Crippen molar-refractivity contribution in [3.63, 3.8) is 0 Å². The summed E-state index contributed by atoms with van der Waals surface area (Å²) in [6, 6.07) is 5.26. The Morgan fingerprint density at radius 2 is 1.88 bits per heavy atom. The van der Waals surface area contributed by atoms with Crippen LogP contribution in [0.1, 0.15) is 68.9 Å². The number of ether oxygens (including phenoxy) is 1. The maximum atomic E-state index is 13.8. The maximum absolute atomic E-state index is 13.8. The van der Waals surface area contributed by atoms with Gasteiger partial charge in [-0.25, -0.2) is 0 Å². The molecule has 0 unspecified atom stereocenters. The molecular formula is C24H37N5O3. The molecule has 3 rings (SSSR count). The minimum Gasteiger partial charge on any atom is -0.496 e. The largest absolute Gasteiger partial charge is 0.496 e. The summed E-state index contributed by atoms with van der Waals surface area (Å²) in [7, 11) is 1.55. The van der Waals surface area contributed by atoms with E-state index >= 15 is 0 Å². The molecule has 1 heterocycles. The summed E-state index contributed by atoms with van der Waals surface area (Å²) in [6.07, 6.45) is 9.18. The molecule has 2 fully saturated rings. The van der Waals surface area contributed by atoms with Crippen LogP contribution in [0.2, 0.25) is 0 Å². The van der Waals surface area contributed by atoms with E-state index in [0.717, 1.165) is 37.7 Å². The number of benzene rings is 1. The highest BCUT2D eigenvalue weighted by atomic mass is 16.5. The third kappa shape index (κ3) is 4.90. The van der Waals surface area contributed by atoms with E-state index in [2.05, 4.69) is 5.32 Å². The molecular weight excluding hydrogens is 406 g/mol. The lowest BCUT2D eigenvalue weighted by molar-refractivity contribution is -0.148. The van der Waals surface area contributed by atoms with E-state index < -0.39 is 5.54 Å². The Bertz CT molecular complexity index is 835. The van der Waals surface area contributed by atoms with Crippen molar-refractivity contribution in [3.8, 4) is 5.75 Å². The van der Waals surface area contributed by atoms with Gasteiger partial charge in [-0.1, -0.05) is 44.2 Å². The van der Waals surface area contributed by atoms with E-state index in [-0.39, 0.29) is 36.7 Å². The normalized spacial score (nSPS) is 22.1. The van der Waals surface area contributed by atoms with Crippen LogP contribution >= 0.6 is 0 Å². The van der Waals surface area contributed by atoms with Crippen molar-refractivity contribution in [1.29, 1.82) is 5.41 Å². The van der Waals surface area contributed by atoms with E-state index in [4.69, 9.17) is 21.6 Å². The van der Waals surface area contributed by atoms with Crippen LogP contribution in [-0.2, 0) is 16.1 Å². The number of likely N-dealkylation sites (tertiary alicyclic amines) is 1. The van der Waals surface area contributed by atoms with E-state index in [1.54, 1.807) is 24.1 Å². The fourth-order valence-corrected chi connectivity index (χ4v) is 5.46. The molecule has 1 aromatic carbocycles. The first-order valence-corrected chi connectivity index (χ1v) is 11.7. The zero-order valence-electron chi connectivity index (χ0n) is 19.1. The first-order valence-electron chi connectivity index (χ1n) is 11.7. The van der Waals surface area contributed by atoms with E-state index in [1.165, 1.54) is 19.3 Å². The van der Waals surface area contributed by atoms with Crippen LogP contribution in [0.3, 0.4) is 0 Å². The number of methoxy groups -OCH3 is 1. The number of carbonyl (C=O) groups is 2. The number of nitrogen functional groups attached to an aromatic ring is 1. The number of amidine groups is 1. The van der Waals surface area contributed by atoms with Crippen LogP contribution in [0.15, 0.2) is 18.2 Å². The standard InChI is InChI=1S/C24H37N5O3/c1-32-20-14-17(22(26)27)10-11-18(20)16-28-23(31)24(12-7-13-29(24)21(30)15-25)19-8-5-3-2-4-6-9-19/h10-11,14,19H,2-9,12-13,15-16,25H2,1H3,(H3,26,27)(H,28,31)/t24-/m1/s1. The van der Waals surface area contributed by atoms with Crippen molar-refractivity contribution in [3.05, 3.63) is 29.3 Å². The number of hydrogen-bond acceptors (Lipinski definition) is 5. The lowest BCUT2D eigenvalue weighted by atomic mass is 9.73. The van der Waals surface area contributed by atoms with Gasteiger partial charge in [-0.2, -0.15) is 0 Å². The molecule has 1 saturated carbocycles. The van der Waals surface area contributed by atoms with Crippen LogP contribution < -0.4 is 21.5 Å². The van der Waals surface area contributed by atoms with Crippen molar-refractivity contribution >= 4 is 17.6 Å². The van der Waals surface area contributed by atoms with Crippen LogP contribution in [0, 0.1) is 11.3 Å². The quantitative estimate of drug-likeness (QED) is 0.379. The summed E-state index contributed by atoms with van der Waals surface area (Å²) < 4.78 is 5.46. The second kappa shape index (κ2) is 10.8. The molecule has 0 spiro atoms. The zero-order valence-corrected chi connectivity index (χ0v) is 19.1. The monoisotopic (exact) mass is 443 g/mol. The van der Waals surface area contributed by atoms with Gasteiger partial charge in [-0.15, -0.1) is 0 Å². The Labute approximate surface area is 190 Å². The molecule has 0 bridgehead atoms. The van der Waals surface area contributed by atoms with Gasteiger partial charge < -0.3 is 26.4 Å². The average Bonchev–Trinajstić information content (AvgIpc) is 3.22. The number of nitrogens with two attached hydrogens (primary N) is 2. The van der Waals surface area contributed by atoms with Gasteiger partial charge >= 0.3 is 0 Å². The fraction of sp³-hybridized carbons (Fsp3) is 0.625. The summed E-state index contributed by atoms with van der Waals surface area (Å²) in [5.74, 6) is 0.425. The Morgan fingerprint density at radius 1 is 1.19 bits per heavy atom. The lowest BCUT2D eigenvalue weighted by Crippen LogP contribution is -2.62. The van der Waals surface area contributed by atoms with Crippen LogP contribution in [0.25, 0.3) is 0 Å². The smallest absolute Gasteiger partial charge is 0.246 e. The van der Waals surface area contributed by atoms with E-state index in [1.807, 2.05) is 6.07 Å². The summed E-state index contributed by atoms with van der Waals surface area (Å²) in [6.45, 7) is 0.776. The Hall–Kier alpha value is -2.61. The van der Waals surface area contributed by atoms with Gasteiger partial charge in [0, 0.05) is 24.2 Å². The highest BCUT2D eigenvalue weighted by Gasteiger charge is 2.53. The molecule has 2 aliphatic rings. The molecule has 1 aliphatic carbocycles. The van der Waals surface area contributed by atoms with Gasteiger partial charge in [0.2, 0.25) is 11.8 Å². The topological polar surface area (TPSA) is 135 Å². The van der Waals surface area contributed by atoms with Gasteiger partial charge in [0.25, 0.3) is 0 Å². The van der Waals surface area contributed by atoms with Gasteiger partial charge in [-0.3, -0.25) is 15.0 Å². The van der Waals surface area contributed by atoms with E-state index in [9.17, 15) is 9.59 Å². The molecule has 176 valence electrons.